The van der Waals surface area contributed by atoms with Crippen LogP contribution in [0.4, 0.5) is 0 Å². The van der Waals surface area contributed by atoms with Crippen LogP contribution < -0.4 is 0 Å². The molecule has 15 heavy (non-hydrogen) atoms. The average molecular weight is 216 g/mol. The van der Waals surface area contributed by atoms with Gasteiger partial charge in [-0.1, -0.05) is 26.2 Å². The molecule has 1 aliphatic heterocycles. The van der Waals surface area contributed by atoms with Crippen molar-refractivity contribution in [1.82, 2.24) is 0 Å². The molecule has 1 saturated heterocycles. The first kappa shape index (κ1) is 12.5. The summed E-state index contributed by atoms with van der Waals surface area (Å²) >= 11 is 0. The van der Waals surface area contributed by atoms with E-state index in [0.717, 1.165) is 19.3 Å². The third kappa shape index (κ3) is 3.47. The molecule has 0 aliphatic carbocycles. The molecule has 88 valence electrons. The highest BCUT2D eigenvalue weighted by atomic mass is 16.6. The minimum atomic E-state index is -0.611. The topological polar surface area (TPSA) is 66.8 Å². The lowest BCUT2D eigenvalue weighted by Crippen LogP contribution is -2.24. The fourth-order valence-electron chi connectivity index (χ4n) is 1.91. The van der Waals surface area contributed by atoms with Crippen molar-refractivity contribution < 1.29 is 19.7 Å². The van der Waals surface area contributed by atoms with Crippen LogP contribution in [0.25, 0.3) is 0 Å². The molecule has 0 spiro atoms. The molecule has 1 heterocycles. The molecule has 0 aromatic carbocycles. The Balaban J connectivity index is 2.32. The summed E-state index contributed by atoms with van der Waals surface area (Å²) in [5, 5.41) is 18.6. The van der Waals surface area contributed by atoms with Gasteiger partial charge in [-0.05, 0) is 6.42 Å². The maximum atomic E-state index is 11.3. The zero-order valence-electron chi connectivity index (χ0n) is 9.19. The Morgan fingerprint density at radius 2 is 2.27 bits per heavy atom. The van der Waals surface area contributed by atoms with Crippen LogP contribution in [0, 0.1) is 5.92 Å². The molecular weight excluding hydrogens is 196 g/mol. The smallest absolute Gasteiger partial charge is 0.312 e. The van der Waals surface area contributed by atoms with Crippen molar-refractivity contribution in [3.05, 3.63) is 0 Å². The summed E-state index contributed by atoms with van der Waals surface area (Å²) in [5.41, 5.74) is 0. The van der Waals surface area contributed by atoms with Crippen LogP contribution in [-0.2, 0) is 9.53 Å². The van der Waals surface area contributed by atoms with Crippen molar-refractivity contribution in [2.45, 2.75) is 51.2 Å². The second-order valence-corrected chi connectivity index (χ2v) is 4.15. The number of hydrogen-bond acceptors (Lipinski definition) is 4. The van der Waals surface area contributed by atoms with Gasteiger partial charge >= 0.3 is 5.97 Å². The number of carbonyl (C=O) groups is 1. The quantitative estimate of drug-likeness (QED) is 0.510. The predicted molar refractivity (Wildman–Crippen MR) is 55.2 cm³/mol. The number of aliphatic hydroxyl groups is 2. The van der Waals surface area contributed by atoms with Gasteiger partial charge in [0.15, 0.2) is 0 Å². The van der Waals surface area contributed by atoms with Crippen molar-refractivity contribution in [1.29, 1.82) is 0 Å². The van der Waals surface area contributed by atoms with E-state index in [-0.39, 0.29) is 12.6 Å². The summed E-state index contributed by atoms with van der Waals surface area (Å²) in [5.74, 6) is -0.794. The number of carbonyl (C=O) groups excluding carboxylic acids is 1. The molecule has 0 aromatic rings. The summed E-state index contributed by atoms with van der Waals surface area (Å²) in [6, 6.07) is 0. The molecule has 1 rings (SSSR count). The SMILES string of the molecule is CCCCC[C@H](O)[C@H]1C[C@H](CO)OC1=O. The molecule has 4 heteroatoms. The van der Waals surface area contributed by atoms with Gasteiger partial charge in [-0.15, -0.1) is 0 Å². The van der Waals surface area contributed by atoms with Gasteiger partial charge < -0.3 is 14.9 Å². The van der Waals surface area contributed by atoms with Crippen LogP contribution in [0.2, 0.25) is 0 Å². The van der Waals surface area contributed by atoms with Crippen LogP contribution in [0.15, 0.2) is 0 Å². The molecule has 0 aromatic heterocycles. The van der Waals surface area contributed by atoms with Crippen molar-refractivity contribution in [3.8, 4) is 0 Å². The van der Waals surface area contributed by atoms with Crippen LogP contribution in [-0.4, -0.2) is 35.0 Å². The lowest BCUT2D eigenvalue weighted by Gasteiger charge is -2.13. The van der Waals surface area contributed by atoms with Gasteiger partial charge in [-0.2, -0.15) is 0 Å². The molecule has 0 saturated carbocycles. The van der Waals surface area contributed by atoms with Gasteiger partial charge in [-0.25, -0.2) is 0 Å². The fraction of sp³-hybridized carbons (Fsp3) is 0.909. The van der Waals surface area contributed by atoms with Gasteiger partial charge in [-0.3, -0.25) is 4.79 Å². The predicted octanol–water partition coefficient (Wildman–Crippen LogP) is 0.852. The van der Waals surface area contributed by atoms with E-state index in [4.69, 9.17) is 9.84 Å². The molecular formula is C11H20O4. The number of esters is 1. The molecule has 0 amide bonds. The van der Waals surface area contributed by atoms with Crippen molar-refractivity contribution >= 4 is 5.97 Å². The summed E-state index contributed by atoms with van der Waals surface area (Å²) < 4.78 is 4.90. The highest BCUT2D eigenvalue weighted by Crippen LogP contribution is 2.26. The van der Waals surface area contributed by atoms with E-state index in [1.54, 1.807) is 0 Å². The third-order valence-electron chi connectivity index (χ3n) is 2.87. The molecule has 1 fully saturated rings. The first-order valence-corrected chi connectivity index (χ1v) is 5.68. The van der Waals surface area contributed by atoms with Crippen LogP contribution in [0.5, 0.6) is 0 Å². The number of cyclic esters (lactones) is 1. The van der Waals surface area contributed by atoms with E-state index in [1.165, 1.54) is 0 Å². The highest BCUT2D eigenvalue weighted by molar-refractivity contribution is 5.75. The maximum Gasteiger partial charge on any atom is 0.312 e. The van der Waals surface area contributed by atoms with Gasteiger partial charge in [0, 0.05) is 6.42 Å². The zero-order chi connectivity index (χ0) is 11.3. The first-order valence-electron chi connectivity index (χ1n) is 5.68. The number of hydrogen-bond donors (Lipinski definition) is 2. The van der Waals surface area contributed by atoms with Crippen molar-refractivity contribution in [3.63, 3.8) is 0 Å². The number of unbranched alkanes of at least 4 members (excludes halogenated alkanes) is 2. The number of ether oxygens (including phenoxy) is 1. The molecule has 3 atom stereocenters. The van der Waals surface area contributed by atoms with Crippen LogP contribution in [0.1, 0.15) is 39.0 Å². The Labute approximate surface area is 90.2 Å². The van der Waals surface area contributed by atoms with E-state index in [9.17, 15) is 9.90 Å². The summed E-state index contributed by atoms with van der Waals surface area (Å²) in [4.78, 5) is 11.3. The Morgan fingerprint density at radius 1 is 1.53 bits per heavy atom. The van der Waals surface area contributed by atoms with Crippen LogP contribution >= 0.6 is 0 Å². The standard InChI is InChI=1S/C11H20O4/c1-2-3-4-5-10(13)9-6-8(7-12)15-11(9)14/h8-10,12-13H,2-7H2,1H3/t8-,9-,10+/m1/s1. The van der Waals surface area contributed by atoms with Gasteiger partial charge in [0.25, 0.3) is 0 Å². The lowest BCUT2D eigenvalue weighted by molar-refractivity contribution is -0.147. The monoisotopic (exact) mass is 216 g/mol. The minimum Gasteiger partial charge on any atom is -0.460 e. The van der Waals surface area contributed by atoms with Crippen LogP contribution in [0.3, 0.4) is 0 Å². The number of rotatable bonds is 6. The second-order valence-electron chi connectivity index (χ2n) is 4.15. The average Bonchev–Trinajstić information content (AvgIpc) is 2.60. The van der Waals surface area contributed by atoms with E-state index in [0.29, 0.717) is 12.8 Å². The summed E-state index contributed by atoms with van der Waals surface area (Å²) in [6.07, 6.45) is 3.17. The first-order chi connectivity index (χ1) is 7.19. The van der Waals surface area contributed by atoms with Gasteiger partial charge in [0.05, 0.1) is 18.6 Å². The molecule has 1 aliphatic rings. The zero-order valence-corrected chi connectivity index (χ0v) is 9.19. The minimum absolute atomic E-state index is 0.149. The number of aliphatic hydroxyl groups excluding tert-OH is 2. The molecule has 2 N–H and O–H groups in total. The molecule has 0 bridgehead atoms. The highest BCUT2D eigenvalue weighted by Gasteiger charge is 2.38. The fourth-order valence-corrected chi connectivity index (χ4v) is 1.91. The summed E-state index contributed by atoms with van der Waals surface area (Å²) in [7, 11) is 0. The Kier molecular flexibility index (Phi) is 5.05. The largest absolute Gasteiger partial charge is 0.460 e. The van der Waals surface area contributed by atoms with E-state index >= 15 is 0 Å². The van der Waals surface area contributed by atoms with Crippen molar-refractivity contribution in [2.24, 2.45) is 5.92 Å². The second kappa shape index (κ2) is 6.08. The van der Waals surface area contributed by atoms with Crippen molar-refractivity contribution in [2.75, 3.05) is 6.61 Å². The Morgan fingerprint density at radius 3 is 2.80 bits per heavy atom. The maximum absolute atomic E-state index is 11.3. The third-order valence-corrected chi connectivity index (χ3v) is 2.87. The summed E-state index contributed by atoms with van der Waals surface area (Å²) in [6.45, 7) is 1.95. The Bertz CT molecular complexity index is 205. The van der Waals surface area contributed by atoms with E-state index < -0.39 is 18.1 Å². The van der Waals surface area contributed by atoms with E-state index in [1.807, 2.05) is 0 Å². The lowest BCUT2D eigenvalue weighted by atomic mass is 9.94. The molecule has 4 nitrogen and oxygen atoms in total. The molecule has 0 radical (unpaired) electrons. The van der Waals surface area contributed by atoms with Gasteiger partial charge in [0.1, 0.15) is 6.10 Å². The van der Waals surface area contributed by atoms with E-state index in [2.05, 4.69) is 6.92 Å². The van der Waals surface area contributed by atoms with Gasteiger partial charge in [0.2, 0.25) is 0 Å². The Hall–Kier alpha value is -0.610. The molecule has 0 unspecified atom stereocenters. The normalized spacial score (nSPS) is 27.8.